The number of hydrogen-bond donors (Lipinski definition) is 0. The number of carbonyl (C=O) groups is 1. The zero-order valence-corrected chi connectivity index (χ0v) is 17.1. The van der Waals surface area contributed by atoms with Gasteiger partial charge in [-0.3, -0.25) is 9.69 Å². The summed E-state index contributed by atoms with van der Waals surface area (Å²) in [6.07, 6.45) is 2.43. The zero-order chi connectivity index (χ0) is 19.6. The van der Waals surface area contributed by atoms with Gasteiger partial charge >= 0.3 is 0 Å². The molecule has 1 aromatic heterocycles. The maximum atomic E-state index is 13.0. The largest absolute Gasteiger partial charge is 0.425 e. The van der Waals surface area contributed by atoms with Crippen molar-refractivity contribution in [1.29, 1.82) is 0 Å². The van der Waals surface area contributed by atoms with Gasteiger partial charge in [0.15, 0.2) is 0 Å². The second kappa shape index (κ2) is 8.47. The van der Waals surface area contributed by atoms with Gasteiger partial charge in [-0.2, -0.15) is 0 Å². The van der Waals surface area contributed by atoms with Gasteiger partial charge in [-0.05, 0) is 12.8 Å². The van der Waals surface area contributed by atoms with E-state index in [9.17, 15) is 4.79 Å². The summed E-state index contributed by atoms with van der Waals surface area (Å²) in [5.41, 5.74) is -0.00629. The van der Waals surface area contributed by atoms with Crippen LogP contribution in [0.1, 0.15) is 56.7 Å². The van der Waals surface area contributed by atoms with E-state index in [2.05, 4.69) is 28.9 Å². The summed E-state index contributed by atoms with van der Waals surface area (Å²) >= 11 is 0. The normalized spacial score (nSPS) is 25.7. The molecule has 0 N–H and O–H groups in total. The van der Waals surface area contributed by atoms with E-state index in [4.69, 9.17) is 13.9 Å². The number of carbonyl (C=O) groups excluding carboxylic acids is 1. The molecule has 1 atom stereocenters. The molecule has 8 nitrogen and oxygen atoms in total. The predicted octanol–water partition coefficient (Wildman–Crippen LogP) is 1.64. The summed E-state index contributed by atoms with van der Waals surface area (Å²) in [6, 6.07) is 0. The Kier molecular flexibility index (Phi) is 5.99. The molecule has 1 spiro atoms. The van der Waals surface area contributed by atoms with Crippen LogP contribution in [-0.2, 0) is 14.3 Å². The Hall–Kier alpha value is -1.51. The van der Waals surface area contributed by atoms with Gasteiger partial charge in [0.05, 0.1) is 19.1 Å². The van der Waals surface area contributed by atoms with Crippen molar-refractivity contribution < 1.29 is 18.7 Å². The highest BCUT2D eigenvalue weighted by Crippen LogP contribution is 2.49. The fourth-order valence-corrected chi connectivity index (χ4v) is 4.64. The van der Waals surface area contributed by atoms with Crippen molar-refractivity contribution in [3.8, 4) is 0 Å². The van der Waals surface area contributed by atoms with Crippen molar-refractivity contribution in [1.82, 2.24) is 20.0 Å². The standard InChI is InChI=1S/C20H32N4O4/c1-15(2)18-21-22-19(28-18)16-13-24(14-20(16)4-9-26-10-5-20)17(25)3-6-23-7-11-27-12-8-23/h15-16H,3-14H2,1-2H3. The number of ether oxygens (including phenoxy) is 2. The Morgan fingerprint density at radius 1 is 1.14 bits per heavy atom. The molecule has 3 fully saturated rings. The van der Waals surface area contributed by atoms with Crippen molar-refractivity contribution in [2.75, 3.05) is 59.2 Å². The van der Waals surface area contributed by atoms with Crippen molar-refractivity contribution in [3.05, 3.63) is 11.8 Å². The first-order chi connectivity index (χ1) is 13.6. The van der Waals surface area contributed by atoms with Gasteiger partial charge in [-0.15, -0.1) is 10.2 Å². The topological polar surface area (TPSA) is 80.9 Å². The minimum atomic E-state index is -0.00629. The number of rotatable bonds is 5. The first kappa shape index (κ1) is 19.8. The van der Waals surface area contributed by atoms with Gasteiger partial charge in [-0.1, -0.05) is 13.8 Å². The summed E-state index contributed by atoms with van der Waals surface area (Å²) < 4.78 is 17.0. The Bertz CT molecular complexity index is 665. The van der Waals surface area contributed by atoms with Crippen LogP contribution in [0.5, 0.6) is 0 Å². The van der Waals surface area contributed by atoms with Crippen LogP contribution in [0.3, 0.4) is 0 Å². The minimum absolute atomic E-state index is 0.00629. The summed E-state index contributed by atoms with van der Waals surface area (Å²) in [6.45, 7) is 11.2. The van der Waals surface area contributed by atoms with E-state index in [-0.39, 0.29) is 23.2 Å². The zero-order valence-electron chi connectivity index (χ0n) is 17.1. The summed E-state index contributed by atoms with van der Waals surface area (Å²) in [4.78, 5) is 17.3. The monoisotopic (exact) mass is 392 g/mol. The van der Waals surface area contributed by atoms with E-state index in [1.54, 1.807) is 0 Å². The quantitative estimate of drug-likeness (QED) is 0.753. The van der Waals surface area contributed by atoms with E-state index in [1.807, 2.05) is 4.90 Å². The first-order valence-electron chi connectivity index (χ1n) is 10.6. The molecule has 0 bridgehead atoms. The van der Waals surface area contributed by atoms with E-state index in [0.717, 1.165) is 65.4 Å². The van der Waals surface area contributed by atoms with Gasteiger partial charge in [0, 0.05) is 63.7 Å². The lowest BCUT2D eigenvalue weighted by Crippen LogP contribution is -2.40. The second-order valence-corrected chi connectivity index (χ2v) is 8.64. The van der Waals surface area contributed by atoms with Crippen LogP contribution < -0.4 is 0 Å². The molecule has 4 heterocycles. The van der Waals surface area contributed by atoms with Gasteiger partial charge in [0.25, 0.3) is 0 Å². The highest BCUT2D eigenvalue weighted by Gasteiger charge is 2.51. The minimum Gasteiger partial charge on any atom is -0.425 e. The molecule has 3 saturated heterocycles. The maximum absolute atomic E-state index is 13.0. The molecule has 28 heavy (non-hydrogen) atoms. The number of nitrogens with zero attached hydrogens (tertiary/aromatic N) is 4. The molecular formula is C20H32N4O4. The predicted molar refractivity (Wildman–Crippen MR) is 102 cm³/mol. The summed E-state index contributed by atoms with van der Waals surface area (Å²) in [5, 5.41) is 8.60. The number of aromatic nitrogens is 2. The Balaban J connectivity index is 1.45. The fourth-order valence-electron chi connectivity index (χ4n) is 4.64. The van der Waals surface area contributed by atoms with Crippen LogP contribution in [-0.4, -0.2) is 85.1 Å². The molecule has 0 aliphatic carbocycles. The number of morpholine rings is 1. The second-order valence-electron chi connectivity index (χ2n) is 8.64. The maximum Gasteiger partial charge on any atom is 0.223 e. The third-order valence-corrected chi connectivity index (χ3v) is 6.48. The lowest BCUT2D eigenvalue weighted by Gasteiger charge is -2.36. The number of likely N-dealkylation sites (tertiary alicyclic amines) is 1. The molecule has 156 valence electrons. The Labute approximate surface area is 166 Å². The molecule has 0 radical (unpaired) electrons. The van der Waals surface area contributed by atoms with Crippen LogP contribution in [0.25, 0.3) is 0 Å². The number of hydrogen-bond acceptors (Lipinski definition) is 7. The summed E-state index contributed by atoms with van der Waals surface area (Å²) in [7, 11) is 0. The van der Waals surface area contributed by atoms with Crippen LogP contribution >= 0.6 is 0 Å². The smallest absolute Gasteiger partial charge is 0.223 e. The first-order valence-corrected chi connectivity index (χ1v) is 10.6. The van der Waals surface area contributed by atoms with Gasteiger partial charge in [-0.25, -0.2) is 0 Å². The van der Waals surface area contributed by atoms with E-state index in [1.165, 1.54) is 0 Å². The SMILES string of the molecule is CC(C)c1nnc(C2CN(C(=O)CCN3CCOCC3)CC23CCOCC3)o1. The lowest BCUT2D eigenvalue weighted by molar-refractivity contribution is -0.131. The van der Waals surface area contributed by atoms with E-state index in [0.29, 0.717) is 24.7 Å². The fraction of sp³-hybridized carbons (Fsp3) is 0.850. The van der Waals surface area contributed by atoms with Crippen LogP contribution in [0.2, 0.25) is 0 Å². The third kappa shape index (κ3) is 4.09. The lowest BCUT2D eigenvalue weighted by atomic mass is 9.72. The molecule has 0 aromatic carbocycles. The molecule has 3 aliphatic heterocycles. The molecule has 4 rings (SSSR count). The van der Waals surface area contributed by atoms with E-state index >= 15 is 0 Å². The highest BCUT2D eigenvalue weighted by molar-refractivity contribution is 5.77. The number of amides is 1. The molecular weight excluding hydrogens is 360 g/mol. The Morgan fingerprint density at radius 2 is 1.86 bits per heavy atom. The van der Waals surface area contributed by atoms with Crippen molar-refractivity contribution in [2.45, 2.75) is 44.9 Å². The van der Waals surface area contributed by atoms with E-state index < -0.39 is 0 Å². The van der Waals surface area contributed by atoms with Crippen molar-refractivity contribution >= 4 is 5.91 Å². The van der Waals surface area contributed by atoms with Gasteiger partial charge in [0.2, 0.25) is 17.7 Å². The molecule has 1 aromatic rings. The summed E-state index contributed by atoms with van der Waals surface area (Å²) in [5.74, 6) is 1.90. The highest BCUT2D eigenvalue weighted by atomic mass is 16.5. The third-order valence-electron chi connectivity index (χ3n) is 6.48. The molecule has 0 saturated carbocycles. The van der Waals surface area contributed by atoms with Crippen LogP contribution in [0.15, 0.2) is 4.42 Å². The van der Waals surface area contributed by atoms with Gasteiger partial charge in [0.1, 0.15) is 0 Å². The molecule has 8 heteroatoms. The molecule has 1 amide bonds. The molecule has 3 aliphatic rings. The average Bonchev–Trinajstić information content (AvgIpc) is 3.33. The average molecular weight is 393 g/mol. The molecule has 1 unspecified atom stereocenters. The van der Waals surface area contributed by atoms with Crippen LogP contribution in [0, 0.1) is 5.41 Å². The van der Waals surface area contributed by atoms with Crippen LogP contribution in [0.4, 0.5) is 0 Å². The van der Waals surface area contributed by atoms with Gasteiger partial charge < -0.3 is 18.8 Å². The Morgan fingerprint density at radius 3 is 2.54 bits per heavy atom. The van der Waals surface area contributed by atoms with Crippen molar-refractivity contribution in [2.24, 2.45) is 5.41 Å². The van der Waals surface area contributed by atoms with Crippen molar-refractivity contribution in [3.63, 3.8) is 0 Å².